The van der Waals surface area contributed by atoms with Gasteiger partial charge in [-0.15, -0.1) is 11.1 Å². The zero-order valence-corrected chi connectivity index (χ0v) is 52.8. The maximum absolute atomic E-state index is 4.13. The van der Waals surface area contributed by atoms with Crippen molar-refractivity contribution >= 4 is 16.1 Å². The first kappa shape index (κ1) is 56.8. The van der Waals surface area contributed by atoms with E-state index in [1.165, 1.54) is 55.6 Å². The molecule has 16 bridgehead atoms. The summed E-state index contributed by atoms with van der Waals surface area (Å²) in [6, 6.07) is 42.2. The highest BCUT2D eigenvalue weighted by atomic mass is 28.3. The van der Waals surface area contributed by atoms with Crippen LogP contribution in [0.3, 0.4) is 0 Å². The smallest absolute Gasteiger partial charge is 0.125 e. The Morgan fingerprint density at radius 3 is 0.705 bits per heavy atom. The van der Waals surface area contributed by atoms with Crippen LogP contribution in [-0.2, 0) is 32.5 Å². The first-order chi connectivity index (χ1) is 36.7. The fourth-order valence-corrected chi connectivity index (χ4v) is 25.0. The van der Waals surface area contributed by atoms with Crippen LogP contribution in [0.1, 0.15) is 169 Å². The fourth-order valence-electron chi connectivity index (χ4n) is 14.6. The van der Waals surface area contributed by atoms with E-state index < -0.39 is 16.1 Å². The molecule has 0 atom stereocenters. The van der Waals surface area contributed by atoms with Gasteiger partial charge < -0.3 is 0 Å². The van der Waals surface area contributed by atoms with Crippen LogP contribution in [0.15, 0.2) is 182 Å². The van der Waals surface area contributed by atoms with Crippen molar-refractivity contribution in [2.45, 2.75) is 190 Å². The molecule has 30 rings (SSSR count). The number of rotatable bonds is 6. The van der Waals surface area contributed by atoms with E-state index in [4.69, 9.17) is 0 Å². The summed E-state index contributed by atoms with van der Waals surface area (Å²) in [5, 5.41) is 0. The molecule has 0 radical (unpaired) electrons. The van der Waals surface area contributed by atoms with Gasteiger partial charge >= 0.3 is 0 Å². The van der Waals surface area contributed by atoms with E-state index >= 15 is 0 Å². The van der Waals surface area contributed by atoms with Gasteiger partial charge in [0.2, 0.25) is 0 Å². The lowest BCUT2D eigenvalue weighted by atomic mass is 9.68. The second kappa shape index (κ2) is 20.6. The van der Waals surface area contributed by atoms with E-state index in [0.29, 0.717) is 33.2 Å². The minimum Gasteiger partial charge on any atom is -0.125 e. The SMILES string of the molecule is CC(C)[Si](C#Cc1cc2ccc1C1(C)C=CC(C)(C=C1)c1ccc(cc1)C1(C)C=CC(C)(C=C1)c1ccc(cc1C#C[Si](C(C)C)(C(C)C)C(C)C)-c1ccc(cc1)C1(C)C=CC(C)(C=C1)c1ccc-2cc1)(C(C)C)C(C)C. The van der Waals surface area contributed by atoms with Gasteiger partial charge in [-0.1, -0.05) is 265 Å². The van der Waals surface area contributed by atoms with Crippen LogP contribution in [0.4, 0.5) is 0 Å². The van der Waals surface area contributed by atoms with Gasteiger partial charge in [0.1, 0.15) is 16.1 Å². The van der Waals surface area contributed by atoms with Gasteiger partial charge in [-0.05, 0) is 143 Å². The predicted octanol–water partition coefficient (Wildman–Crippen LogP) is 20.5. The second-order valence-corrected chi connectivity index (χ2v) is 38.4. The van der Waals surface area contributed by atoms with E-state index in [1.807, 2.05) is 0 Å². The Bertz CT molecular complexity index is 3070. The summed E-state index contributed by atoms with van der Waals surface area (Å²) < 4.78 is 0. The first-order valence-corrected chi connectivity index (χ1v) is 34.0. The predicted molar refractivity (Wildman–Crippen MR) is 345 cm³/mol. The molecule has 0 fully saturated rings. The molecule has 0 spiro atoms. The van der Waals surface area contributed by atoms with Crippen LogP contribution in [-0.4, -0.2) is 16.1 Å². The van der Waals surface area contributed by atoms with Crippen molar-refractivity contribution in [3.63, 3.8) is 0 Å². The zero-order chi connectivity index (χ0) is 56.4. The topological polar surface area (TPSA) is 0 Å². The number of hydrogen-bond acceptors (Lipinski definition) is 0. The third-order valence-corrected chi connectivity index (χ3v) is 32.8. The van der Waals surface area contributed by atoms with Crippen LogP contribution in [0.5, 0.6) is 0 Å². The monoisotopic (exact) mass is 1060 g/mol. The van der Waals surface area contributed by atoms with E-state index in [1.54, 1.807) is 0 Å². The molecule has 0 unspecified atom stereocenters. The number of allylic oxidation sites excluding steroid dienone is 12. The second-order valence-electron chi connectivity index (χ2n) is 27.2. The van der Waals surface area contributed by atoms with Gasteiger partial charge in [-0.3, -0.25) is 0 Å². The minimum absolute atomic E-state index is 0.237. The summed E-state index contributed by atoms with van der Waals surface area (Å²) in [5.41, 5.74) is 24.6. The molecule has 25 aliphatic rings. The maximum Gasteiger partial charge on any atom is 0.146 e. The maximum atomic E-state index is 4.13. The lowest BCUT2D eigenvalue weighted by Gasteiger charge is -2.38. The standard InChI is InChI=1S/C76H90Si2/c1-53(2)77(54(3)4,55(5)6)49-35-63-51-61-23-33-69(63)75(17)45-41-73(15,42-46-75)67-29-31-68(32-30-67)74(16)43-47-76(18,48-44-74)70-34-24-62(52-64(70)36-50-78(56(7)8,57(9)10)58(11)12)60-21-27-66(28-22-60)72(14)39-37-71(13,38-40-72)65-25-19-59(61)20-26-65/h19-34,37-48,51-58H,1-18H3. The van der Waals surface area contributed by atoms with Crippen LogP contribution in [0.25, 0.3) is 22.3 Å². The number of hydrogen-bond donors (Lipinski definition) is 0. The minimum atomic E-state index is -2.03. The molecule has 2 heteroatoms. The Morgan fingerprint density at radius 1 is 0.269 bits per heavy atom. The van der Waals surface area contributed by atoms with E-state index in [2.05, 4.69) is 330 Å². The molecule has 0 saturated heterocycles. The molecular weight excluding hydrogens is 969 g/mol. The molecular formula is C76H90Si2. The van der Waals surface area contributed by atoms with Crippen LogP contribution in [0.2, 0.25) is 33.2 Å². The van der Waals surface area contributed by atoms with Gasteiger partial charge in [-0.2, -0.15) is 0 Å². The Morgan fingerprint density at radius 2 is 0.474 bits per heavy atom. The molecule has 5 aromatic rings. The molecule has 0 amide bonds. The molecule has 78 heavy (non-hydrogen) atoms. The number of benzene rings is 5. The van der Waals surface area contributed by atoms with Crippen molar-refractivity contribution in [1.29, 1.82) is 0 Å². The molecule has 25 aliphatic carbocycles. The summed E-state index contributed by atoms with van der Waals surface area (Å²) in [6.07, 6.45) is 29.2. The van der Waals surface area contributed by atoms with Crippen molar-refractivity contribution in [2.75, 3.05) is 0 Å². The summed E-state index contributed by atoms with van der Waals surface area (Å²) in [7, 11) is -4.05. The summed E-state index contributed by atoms with van der Waals surface area (Å²) >= 11 is 0. The first-order valence-electron chi connectivity index (χ1n) is 29.6. The quantitative estimate of drug-likeness (QED) is 0.0903. The van der Waals surface area contributed by atoms with Crippen molar-refractivity contribution in [3.05, 3.63) is 227 Å². The molecule has 0 heterocycles. The highest BCUT2D eigenvalue weighted by Gasteiger charge is 2.44. The highest BCUT2D eigenvalue weighted by molar-refractivity contribution is 6.91. The Labute approximate surface area is 475 Å². The van der Waals surface area contributed by atoms with Gasteiger partial charge in [-0.25, -0.2) is 0 Å². The van der Waals surface area contributed by atoms with Gasteiger partial charge in [0.25, 0.3) is 0 Å². The lowest BCUT2D eigenvalue weighted by Crippen LogP contribution is -2.43. The largest absolute Gasteiger partial charge is 0.146 e. The highest BCUT2D eigenvalue weighted by Crippen LogP contribution is 2.47. The van der Waals surface area contributed by atoms with Crippen LogP contribution < -0.4 is 0 Å². The van der Waals surface area contributed by atoms with Gasteiger partial charge in [0, 0.05) is 43.6 Å². The van der Waals surface area contributed by atoms with Crippen molar-refractivity contribution in [3.8, 4) is 45.2 Å². The Kier molecular flexibility index (Phi) is 15.0. The molecule has 5 aromatic carbocycles. The van der Waals surface area contributed by atoms with Crippen molar-refractivity contribution in [1.82, 2.24) is 0 Å². The van der Waals surface area contributed by atoms with E-state index in [-0.39, 0.29) is 32.5 Å². The molecule has 0 aliphatic heterocycles. The van der Waals surface area contributed by atoms with Crippen LogP contribution >= 0.6 is 0 Å². The normalized spacial score (nSPS) is 26.1. The van der Waals surface area contributed by atoms with Crippen molar-refractivity contribution < 1.29 is 0 Å². The van der Waals surface area contributed by atoms with Crippen LogP contribution in [0, 0.1) is 22.9 Å². The van der Waals surface area contributed by atoms with E-state index in [0.717, 1.165) is 11.1 Å². The van der Waals surface area contributed by atoms with E-state index in [9.17, 15) is 0 Å². The third kappa shape index (κ3) is 9.87. The van der Waals surface area contributed by atoms with Gasteiger partial charge in [0.15, 0.2) is 0 Å². The van der Waals surface area contributed by atoms with Crippen molar-refractivity contribution in [2.24, 2.45) is 0 Å². The lowest BCUT2D eigenvalue weighted by molar-refractivity contribution is 0.655. The average molecular weight is 1060 g/mol. The average Bonchev–Trinajstić information content (AvgIpc) is 3.48. The molecule has 402 valence electrons. The third-order valence-electron chi connectivity index (χ3n) is 20.2. The summed E-state index contributed by atoms with van der Waals surface area (Å²) in [6.45, 7) is 43.1. The Balaban J connectivity index is 1.18. The fraction of sp³-hybridized carbons (Fsp3) is 0.395. The molecule has 0 saturated carbocycles. The van der Waals surface area contributed by atoms with Gasteiger partial charge in [0.05, 0.1) is 0 Å². The zero-order valence-electron chi connectivity index (χ0n) is 50.8. The Hall–Kier alpha value is -5.91. The molecule has 0 nitrogen and oxygen atoms in total. The summed E-state index contributed by atoms with van der Waals surface area (Å²) in [5.74, 6) is 7.93. The molecule has 0 N–H and O–H groups in total. The molecule has 0 aromatic heterocycles. The summed E-state index contributed by atoms with van der Waals surface area (Å²) in [4.78, 5) is 0.